The van der Waals surface area contributed by atoms with Crippen molar-refractivity contribution in [1.29, 1.82) is 0 Å². The third kappa shape index (κ3) is 2.85. The molecular formula is C18H25N3O2. The molecule has 0 bridgehead atoms. The van der Waals surface area contributed by atoms with Crippen LogP contribution in [0.1, 0.15) is 30.4 Å². The number of nitrogens with zero attached hydrogens (tertiary/aromatic N) is 2. The summed E-state index contributed by atoms with van der Waals surface area (Å²) < 4.78 is 0. The van der Waals surface area contributed by atoms with Crippen molar-refractivity contribution in [3.05, 3.63) is 29.3 Å². The summed E-state index contributed by atoms with van der Waals surface area (Å²) in [5.41, 5.74) is 8.97. The second kappa shape index (κ2) is 6.32. The number of hydrogen-bond donors (Lipinski definition) is 1. The maximum absolute atomic E-state index is 12.8. The molecule has 5 heteroatoms. The highest BCUT2D eigenvalue weighted by Gasteiger charge is 2.40. The molecule has 0 aliphatic carbocycles. The summed E-state index contributed by atoms with van der Waals surface area (Å²) >= 11 is 0. The van der Waals surface area contributed by atoms with Crippen molar-refractivity contribution in [3.8, 4) is 0 Å². The number of anilines is 1. The molecule has 2 N–H and O–H groups in total. The normalized spacial score (nSPS) is 24.6. The van der Waals surface area contributed by atoms with Crippen molar-refractivity contribution in [3.63, 3.8) is 0 Å². The predicted molar refractivity (Wildman–Crippen MR) is 90.2 cm³/mol. The Hall–Kier alpha value is -1.88. The van der Waals surface area contributed by atoms with Crippen LogP contribution in [-0.4, -0.2) is 42.4 Å². The first-order chi connectivity index (χ1) is 11.0. The summed E-state index contributed by atoms with van der Waals surface area (Å²) in [6.07, 6.45) is 2.29. The van der Waals surface area contributed by atoms with Gasteiger partial charge in [0.2, 0.25) is 11.8 Å². The predicted octanol–water partition coefficient (Wildman–Crippen LogP) is 1.61. The van der Waals surface area contributed by atoms with Crippen LogP contribution in [0.4, 0.5) is 5.69 Å². The molecule has 3 rings (SSSR count). The molecule has 0 radical (unpaired) electrons. The zero-order valence-electron chi connectivity index (χ0n) is 13.9. The van der Waals surface area contributed by atoms with Crippen molar-refractivity contribution >= 4 is 17.5 Å². The van der Waals surface area contributed by atoms with E-state index in [0.717, 1.165) is 36.2 Å². The van der Waals surface area contributed by atoms with Crippen molar-refractivity contribution in [2.24, 2.45) is 11.7 Å². The van der Waals surface area contributed by atoms with E-state index in [9.17, 15) is 9.59 Å². The average molecular weight is 315 g/mol. The topological polar surface area (TPSA) is 66.6 Å². The maximum atomic E-state index is 12.8. The van der Waals surface area contributed by atoms with Gasteiger partial charge in [-0.25, -0.2) is 0 Å². The summed E-state index contributed by atoms with van der Waals surface area (Å²) in [5, 5.41) is 0. The van der Waals surface area contributed by atoms with Gasteiger partial charge in [0.15, 0.2) is 0 Å². The molecule has 2 fully saturated rings. The molecule has 0 spiro atoms. The number of hydrogen-bond acceptors (Lipinski definition) is 3. The lowest BCUT2D eigenvalue weighted by Crippen LogP contribution is -2.43. The van der Waals surface area contributed by atoms with Crippen LogP contribution < -0.4 is 10.6 Å². The zero-order chi connectivity index (χ0) is 16.6. The first kappa shape index (κ1) is 16.0. The Morgan fingerprint density at radius 2 is 2.13 bits per heavy atom. The van der Waals surface area contributed by atoms with E-state index in [1.165, 1.54) is 0 Å². The average Bonchev–Trinajstić information content (AvgIpc) is 3.16. The molecule has 2 aliphatic heterocycles. The molecule has 2 amide bonds. The van der Waals surface area contributed by atoms with Crippen LogP contribution in [0.3, 0.4) is 0 Å². The van der Waals surface area contributed by atoms with Crippen LogP contribution in [0, 0.1) is 19.8 Å². The van der Waals surface area contributed by atoms with E-state index >= 15 is 0 Å². The SMILES string of the molecule is Cc1cccc(N2CC(C(=O)N3CCCC3CN)CC2=O)c1C. The van der Waals surface area contributed by atoms with Gasteiger partial charge in [-0.2, -0.15) is 0 Å². The summed E-state index contributed by atoms with van der Waals surface area (Å²) in [6, 6.07) is 6.11. The minimum atomic E-state index is -0.241. The minimum absolute atomic E-state index is 0.0422. The lowest BCUT2D eigenvalue weighted by molar-refractivity contribution is -0.136. The largest absolute Gasteiger partial charge is 0.338 e. The minimum Gasteiger partial charge on any atom is -0.338 e. The summed E-state index contributed by atoms with van der Waals surface area (Å²) in [4.78, 5) is 28.9. The first-order valence-electron chi connectivity index (χ1n) is 8.40. The Bertz CT molecular complexity index is 629. The summed E-state index contributed by atoms with van der Waals surface area (Å²) in [7, 11) is 0. The molecule has 2 aliphatic rings. The lowest BCUT2D eigenvalue weighted by atomic mass is 10.1. The Morgan fingerprint density at radius 1 is 1.35 bits per heavy atom. The Kier molecular flexibility index (Phi) is 4.39. The molecule has 1 aromatic rings. The second-order valence-electron chi connectivity index (χ2n) is 6.69. The van der Waals surface area contributed by atoms with Gasteiger partial charge in [0.1, 0.15) is 0 Å². The number of aryl methyl sites for hydroxylation is 1. The third-order valence-corrected chi connectivity index (χ3v) is 5.27. The monoisotopic (exact) mass is 315 g/mol. The smallest absolute Gasteiger partial charge is 0.228 e. The Morgan fingerprint density at radius 3 is 2.87 bits per heavy atom. The van der Waals surface area contributed by atoms with Crippen LogP contribution in [0.2, 0.25) is 0 Å². The highest BCUT2D eigenvalue weighted by Crippen LogP contribution is 2.31. The Balaban J connectivity index is 1.77. The highest BCUT2D eigenvalue weighted by atomic mass is 16.2. The van der Waals surface area contributed by atoms with Crippen LogP contribution >= 0.6 is 0 Å². The zero-order valence-corrected chi connectivity index (χ0v) is 13.9. The van der Waals surface area contributed by atoms with Gasteiger partial charge in [-0.1, -0.05) is 12.1 Å². The fourth-order valence-electron chi connectivity index (χ4n) is 3.74. The van der Waals surface area contributed by atoms with E-state index in [1.54, 1.807) is 4.90 Å². The number of likely N-dealkylation sites (tertiary alicyclic amines) is 1. The molecule has 2 saturated heterocycles. The van der Waals surface area contributed by atoms with Crippen molar-refractivity contribution < 1.29 is 9.59 Å². The van der Waals surface area contributed by atoms with Gasteiger partial charge in [-0.05, 0) is 43.9 Å². The number of amides is 2. The number of carbonyl (C=O) groups is 2. The van der Waals surface area contributed by atoms with E-state index in [0.29, 0.717) is 19.5 Å². The maximum Gasteiger partial charge on any atom is 0.228 e. The van der Waals surface area contributed by atoms with Gasteiger partial charge in [0, 0.05) is 37.8 Å². The molecule has 0 aromatic heterocycles. The van der Waals surface area contributed by atoms with Crippen LogP contribution in [0.5, 0.6) is 0 Å². The fourth-order valence-corrected chi connectivity index (χ4v) is 3.74. The first-order valence-corrected chi connectivity index (χ1v) is 8.40. The van der Waals surface area contributed by atoms with E-state index in [4.69, 9.17) is 5.73 Å². The number of carbonyl (C=O) groups excluding carboxylic acids is 2. The van der Waals surface area contributed by atoms with Crippen LogP contribution in [0.25, 0.3) is 0 Å². The van der Waals surface area contributed by atoms with E-state index in [1.807, 2.05) is 36.9 Å². The molecule has 2 unspecified atom stereocenters. The van der Waals surface area contributed by atoms with Gasteiger partial charge in [-0.15, -0.1) is 0 Å². The van der Waals surface area contributed by atoms with Crippen LogP contribution in [0.15, 0.2) is 18.2 Å². The molecular weight excluding hydrogens is 290 g/mol. The van der Waals surface area contributed by atoms with Gasteiger partial charge >= 0.3 is 0 Å². The molecule has 1 aromatic carbocycles. The van der Waals surface area contributed by atoms with Gasteiger partial charge in [0.25, 0.3) is 0 Å². The summed E-state index contributed by atoms with van der Waals surface area (Å²) in [6.45, 7) is 5.83. The van der Waals surface area contributed by atoms with Crippen molar-refractivity contribution in [1.82, 2.24) is 4.90 Å². The quantitative estimate of drug-likeness (QED) is 0.921. The molecule has 2 atom stereocenters. The number of nitrogens with two attached hydrogens (primary N) is 1. The van der Waals surface area contributed by atoms with Crippen LogP contribution in [-0.2, 0) is 9.59 Å². The Labute approximate surface area is 137 Å². The lowest BCUT2D eigenvalue weighted by Gasteiger charge is -2.26. The molecule has 2 heterocycles. The molecule has 124 valence electrons. The molecule has 0 saturated carbocycles. The standard InChI is InChI=1S/C18H25N3O2/c1-12-5-3-7-16(13(12)2)21-11-14(9-17(21)22)18(23)20-8-4-6-15(20)10-19/h3,5,7,14-15H,4,6,8-11,19H2,1-2H3. The summed E-state index contributed by atoms with van der Waals surface area (Å²) in [5.74, 6) is -0.103. The van der Waals surface area contributed by atoms with E-state index in [2.05, 4.69) is 0 Å². The molecule has 5 nitrogen and oxygen atoms in total. The van der Waals surface area contributed by atoms with E-state index < -0.39 is 0 Å². The van der Waals surface area contributed by atoms with Gasteiger partial charge < -0.3 is 15.5 Å². The van der Waals surface area contributed by atoms with Gasteiger partial charge in [-0.3, -0.25) is 9.59 Å². The fraction of sp³-hybridized carbons (Fsp3) is 0.556. The van der Waals surface area contributed by atoms with Crippen molar-refractivity contribution in [2.75, 3.05) is 24.5 Å². The second-order valence-corrected chi connectivity index (χ2v) is 6.69. The highest BCUT2D eigenvalue weighted by molar-refractivity contribution is 6.01. The number of benzene rings is 1. The van der Waals surface area contributed by atoms with Gasteiger partial charge in [0.05, 0.1) is 5.92 Å². The number of rotatable bonds is 3. The van der Waals surface area contributed by atoms with E-state index in [-0.39, 0.29) is 23.8 Å². The van der Waals surface area contributed by atoms with Crippen molar-refractivity contribution in [2.45, 2.75) is 39.2 Å². The molecule has 23 heavy (non-hydrogen) atoms. The third-order valence-electron chi connectivity index (χ3n) is 5.27.